The molecule has 3 aromatic rings. The van der Waals surface area contributed by atoms with E-state index < -0.39 is 0 Å². The Bertz CT molecular complexity index is 1020. The van der Waals surface area contributed by atoms with Crippen LogP contribution in [0.15, 0.2) is 42.5 Å². The number of nitrogens with zero attached hydrogens (tertiary/aromatic N) is 3. The number of benzene rings is 2. The Morgan fingerprint density at radius 3 is 2.50 bits per heavy atom. The van der Waals surface area contributed by atoms with E-state index in [9.17, 15) is 5.26 Å². The maximum Gasteiger partial charge on any atom is 0.162 e. The number of hydrogen-bond donors (Lipinski definition) is 0. The number of hydrogen-bond acceptors (Lipinski definition) is 5. The van der Waals surface area contributed by atoms with Gasteiger partial charge in [0.05, 0.1) is 25.3 Å². The van der Waals surface area contributed by atoms with E-state index in [2.05, 4.69) is 35.2 Å². The molecule has 4 rings (SSSR count). The molecule has 2 heterocycles. The number of anilines is 1. The molecule has 0 radical (unpaired) electrons. The summed E-state index contributed by atoms with van der Waals surface area (Å²) in [5.74, 6) is 1.99. The van der Waals surface area contributed by atoms with E-state index in [1.54, 1.807) is 14.2 Å². The minimum Gasteiger partial charge on any atom is -0.493 e. The zero-order valence-corrected chi connectivity index (χ0v) is 14.8. The normalized spacial score (nSPS) is 13.2. The lowest BCUT2D eigenvalue weighted by Gasteiger charge is -2.30. The molecule has 0 atom stereocenters. The number of fused-ring (bicyclic) bond motifs is 2. The van der Waals surface area contributed by atoms with Crippen LogP contribution in [0.3, 0.4) is 0 Å². The van der Waals surface area contributed by atoms with Crippen molar-refractivity contribution in [3.8, 4) is 17.6 Å². The van der Waals surface area contributed by atoms with Crippen molar-refractivity contribution in [3.63, 3.8) is 0 Å². The molecule has 0 unspecified atom stereocenters. The molecule has 5 heteroatoms. The fourth-order valence-corrected chi connectivity index (χ4v) is 3.49. The molecule has 0 saturated carbocycles. The molecule has 0 fully saturated rings. The fraction of sp³-hybridized carbons (Fsp3) is 0.238. The molecular formula is C21H19N3O2. The third kappa shape index (κ3) is 2.70. The van der Waals surface area contributed by atoms with Crippen molar-refractivity contribution in [2.75, 3.05) is 25.7 Å². The second-order valence-electron chi connectivity index (χ2n) is 6.31. The average Bonchev–Trinajstić information content (AvgIpc) is 2.71. The van der Waals surface area contributed by atoms with Gasteiger partial charge in [-0.1, -0.05) is 24.3 Å². The number of rotatable bonds is 3. The molecule has 0 spiro atoms. The summed E-state index contributed by atoms with van der Waals surface area (Å²) in [6.07, 6.45) is 0.951. The maximum atomic E-state index is 9.66. The van der Waals surface area contributed by atoms with Gasteiger partial charge in [0.1, 0.15) is 11.9 Å². The van der Waals surface area contributed by atoms with Crippen molar-refractivity contribution in [2.45, 2.75) is 13.0 Å². The fourth-order valence-electron chi connectivity index (χ4n) is 3.49. The monoisotopic (exact) mass is 345 g/mol. The van der Waals surface area contributed by atoms with Crippen LogP contribution >= 0.6 is 0 Å². The van der Waals surface area contributed by atoms with Crippen LogP contribution in [0, 0.1) is 11.3 Å². The van der Waals surface area contributed by atoms with Gasteiger partial charge in [-0.15, -0.1) is 0 Å². The third-order valence-electron chi connectivity index (χ3n) is 4.85. The summed E-state index contributed by atoms with van der Waals surface area (Å²) in [5, 5.41) is 10.5. The summed E-state index contributed by atoms with van der Waals surface area (Å²) < 4.78 is 10.7. The van der Waals surface area contributed by atoms with Crippen LogP contribution in [0.25, 0.3) is 10.9 Å². The Balaban J connectivity index is 1.81. The minimum atomic E-state index is 0.573. The summed E-state index contributed by atoms with van der Waals surface area (Å²) in [5.41, 5.74) is 4.02. The second kappa shape index (κ2) is 6.57. The Labute approximate surface area is 152 Å². The van der Waals surface area contributed by atoms with Gasteiger partial charge >= 0.3 is 0 Å². The summed E-state index contributed by atoms with van der Waals surface area (Å²) in [4.78, 5) is 6.97. The minimum absolute atomic E-state index is 0.573. The highest BCUT2D eigenvalue weighted by Gasteiger charge is 2.21. The zero-order valence-electron chi connectivity index (χ0n) is 14.8. The van der Waals surface area contributed by atoms with Gasteiger partial charge in [-0.25, -0.2) is 4.98 Å². The number of pyridine rings is 1. The van der Waals surface area contributed by atoms with Gasteiger partial charge in [0, 0.05) is 24.5 Å². The molecule has 0 amide bonds. The van der Waals surface area contributed by atoms with Gasteiger partial charge in [-0.05, 0) is 29.7 Å². The SMILES string of the molecule is COc1cc2cc(C#N)c(N3CCc4ccccc4C3)nc2cc1OC. The highest BCUT2D eigenvalue weighted by molar-refractivity contribution is 5.86. The number of ether oxygens (including phenoxy) is 2. The summed E-state index contributed by atoms with van der Waals surface area (Å²) >= 11 is 0. The van der Waals surface area contributed by atoms with Crippen molar-refractivity contribution in [2.24, 2.45) is 0 Å². The van der Waals surface area contributed by atoms with Crippen LogP contribution in [-0.4, -0.2) is 25.7 Å². The molecule has 2 aromatic carbocycles. The van der Waals surface area contributed by atoms with Crippen LogP contribution in [0.1, 0.15) is 16.7 Å². The van der Waals surface area contributed by atoms with Gasteiger partial charge in [-0.3, -0.25) is 0 Å². The Morgan fingerprint density at radius 1 is 1.04 bits per heavy atom. The van der Waals surface area contributed by atoms with Gasteiger partial charge in [0.2, 0.25) is 0 Å². The van der Waals surface area contributed by atoms with Gasteiger partial charge in [0.15, 0.2) is 11.5 Å². The standard InChI is InChI=1S/C21H19N3O2/c1-25-19-10-16-9-17(12-22)21(23-18(16)11-20(19)26-2)24-8-7-14-5-3-4-6-15(14)13-24/h3-6,9-11H,7-8,13H2,1-2H3. The van der Waals surface area contributed by atoms with Gasteiger partial charge in [0.25, 0.3) is 0 Å². The van der Waals surface area contributed by atoms with Crippen LogP contribution in [0.2, 0.25) is 0 Å². The first-order valence-corrected chi connectivity index (χ1v) is 8.52. The van der Waals surface area contributed by atoms with E-state index in [1.165, 1.54) is 11.1 Å². The molecule has 1 aliphatic heterocycles. The Kier molecular flexibility index (Phi) is 4.10. The first kappa shape index (κ1) is 16.2. The van der Waals surface area contributed by atoms with E-state index in [-0.39, 0.29) is 0 Å². The largest absolute Gasteiger partial charge is 0.493 e. The van der Waals surface area contributed by atoms with Crippen molar-refractivity contribution < 1.29 is 9.47 Å². The summed E-state index contributed by atoms with van der Waals surface area (Å²) in [7, 11) is 3.21. The lowest BCUT2D eigenvalue weighted by atomic mass is 9.99. The second-order valence-corrected chi connectivity index (χ2v) is 6.31. The topological polar surface area (TPSA) is 58.4 Å². The van der Waals surface area contributed by atoms with Crippen molar-refractivity contribution in [1.29, 1.82) is 5.26 Å². The van der Waals surface area contributed by atoms with Gasteiger partial charge in [-0.2, -0.15) is 5.26 Å². The summed E-state index contributed by atoms with van der Waals surface area (Å²) in [6.45, 7) is 1.61. The molecule has 0 aliphatic carbocycles. The van der Waals surface area contributed by atoms with Crippen molar-refractivity contribution >= 4 is 16.7 Å². The van der Waals surface area contributed by atoms with E-state index in [0.717, 1.165) is 36.2 Å². The predicted octanol–water partition coefficient (Wildman–Crippen LogP) is 3.69. The predicted molar refractivity (Wildman–Crippen MR) is 101 cm³/mol. The van der Waals surface area contributed by atoms with Crippen LogP contribution in [0.4, 0.5) is 5.82 Å². The lowest BCUT2D eigenvalue weighted by molar-refractivity contribution is 0.356. The lowest BCUT2D eigenvalue weighted by Crippen LogP contribution is -2.31. The average molecular weight is 345 g/mol. The smallest absolute Gasteiger partial charge is 0.162 e. The maximum absolute atomic E-state index is 9.66. The first-order valence-electron chi connectivity index (χ1n) is 8.52. The van der Waals surface area contributed by atoms with Gasteiger partial charge < -0.3 is 14.4 Å². The molecule has 130 valence electrons. The molecule has 5 nitrogen and oxygen atoms in total. The van der Waals surface area contributed by atoms with Crippen LogP contribution < -0.4 is 14.4 Å². The molecule has 0 N–H and O–H groups in total. The highest BCUT2D eigenvalue weighted by atomic mass is 16.5. The first-order chi connectivity index (χ1) is 12.7. The Morgan fingerprint density at radius 2 is 1.77 bits per heavy atom. The van der Waals surface area contributed by atoms with E-state index in [0.29, 0.717) is 17.1 Å². The summed E-state index contributed by atoms with van der Waals surface area (Å²) in [6, 6.07) is 16.3. The molecule has 0 saturated heterocycles. The number of nitriles is 1. The Hall–Kier alpha value is -3.26. The van der Waals surface area contributed by atoms with E-state index in [4.69, 9.17) is 14.5 Å². The molecule has 1 aromatic heterocycles. The number of methoxy groups -OCH3 is 2. The van der Waals surface area contributed by atoms with Crippen LogP contribution in [0.5, 0.6) is 11.5 Å². The van der Waals surface area contributed by atoms with E-state index >= 15 is 0 Å². The van der Waals surface area contributed by atoms with Crippen LogP contribution in [-0.2, 0) is 13.0 Å². The molecule has 0 bridgehead atoms. The highest BCUT2D eigenvalue weighted by Crippen LogP contribution is 2.34. The van der Waals surface area contributed by atoms with Crippen molar-refractivity contribution in [3.05, 3.63) is 59.2 Å². The number of aromatic nitrogens is 1. The quantitative estimate of drug-likeness (QED) is 0.725. The van der Waals surface area contributed by atoms with E-state index in [1.807, 2.05) is 18.2 Å². The van der Waals surface area contributed by atoms with Crippen molar-refractivity contribution in [1.82, 2.24) is 4.98 Å². The zero-order chi connectivity index (χ0) is 18.1. The molecular weight excluding hydrogens is 326 g/mol. The molecule has 1 aliphatic rings. The third-order valence-corrected chi connectivity index (χ3v) is 4.85. The molecule has 26 heavy (non-hydrogen) atoms.